The van der Waals surface area contributed by atoms with Crippen molar-refractivity contribution in [3.05, 3.63) is 35.5 Å². The number of hydrogen-bond acceptors (Lipinski definition) is 1. The van der Waals surface area contributed by atoms with E-state index in [0.29, 0.717) is 12.3 Å². The van der Waals surface area contributed by atoms with Gasteiger partial charge in [0.2, 0.25) is 0 Å². The molecule has 130 valence electrons. The van der Waals surface area contributed by atoms with Crippen LogP contribution in [0.1, 0.15) is 54.9 Å². The molecule has 0 heterocycles. The predicted octanol–water partition coefficient (Wildman–Crippen LogP) is 6.50. The molecule has 0 amide bonds. The monoisotopic (exact) mass is 332 g/mol. The molecule has 0 N–H and O–H groups in total. The second-order valence-electron chi connectivity index (χ2n) is 7.91. The fourth-order valence-corrected chi connectivity index (χ4v) is 3.53. The van der Waals surface area contributed by atoms with Gasteiger partial charge in [0.1, 0.15) is 0 Å². The van der Waals surface area contributed by atoms with E-state index in [1.54, 1.807) is 0 Å². The largest absolute Gasteiger partial charge is 0.410 e. The highest BCUT2D eigenvalue weighted by Gasteiger charge is 2.40. The van der Waals surface area contributed by atoms with Gasteiger partial charge in [-0.3, -0.25) is 0 Å². The van der Waals surface area contributed by atoms with Crippen LogP contribution < -0.4 is 0 Å². The summed E-state index contributed by atoms with van der Waals surface area (Å²) in [5.74, 6) is 2.96. The third-order valence-corrected chi connectivity index (χ3v) is 9.21. The van der Waals surface area contributed by atoms with Gasteiger partial charge in [0.05, 0.1) is 6.10 Å². The molecule has 0 fully saturated rings. The fourth-order valence-electron chi connectivity index (χ4n) is 2.14. The van der Waals surface area contributed by atoms with E-state index in [1.807, 2.05) is 6.08 Å². The molecule has 0 aliphatic heterocycles. The van der Waals surface area contributed by atoms with Crippen molar-refractivity contribution in [2.75, 3.05) is 0 Å². The van der Waals surface area contributed by atoms with Crippen molar-refractivity contribution in [3.8, 4) is 12.3 Å². The van der Waals surface area contributed by atoms with Crippen molar-refractivity contribution in [3.63, 3.8) is 0 Å². The first-order chi connectivity index (χ1) is 10.5. The molecular weight excluding hydrogens is 296 g/mol. The molecule has 23 heavy (non-hydrogen) atoms. The van der Waals surface area contributed by atoms with Crippen LogP contribution in [-0.4, -0.2) is 14.4 Å². The number of allylic oxidation sites excluding steroid dienone is 4. The number of rotatable bonds is 7. The van der Waals surface area contributed by atoms with E-state index >= 15 is 0 Å². The molecule has 0 rings (SSSR count). The summed E-state index contributed by atoms with van der Waals surface area (Å²) in [4.78, 5) is 0. The zero-order chi connectivity index (χ0) is 18.3. The first-order valence-corrected chi connectivity index (χ1v) is 11.5. The zero-order valence-corrected chi connectivity index (χ0v) is 17.7. The maximum absolute atomic E-state index is 6.71. The molecule has 0 aromatic rings. The topological polar surface area (TPSA) is 9.23 Å². The molecule has 2 heteroatoms. The number of hydrogen-bond donors (Lipinski definition) is 0. The molecule has 0 aliphatic rings. The summed E-state index contributed by atoms with van der Waals surface area (Å²) >= 11 is 0. The number of terminal acetylenes is 1. The highest BCUT2D eigenvalue weighted by molar-refractivity contribution is 6.74. The molecule has 0 aliphatic carbocycles. The lowest BCUT2D eigenvalue weighted by molar-refractivity contribution is 0.178. The van der Waals surface area contributed by atoms with E-state index < -0.39 is 8.32 Å². The quantitative estimate of drug-likeness (QED) is 0.224. The van der Waals surface area contributed by atoms with Gasteiger partial charge in [-0.2, -0.15) is 0 Å². The maximum Gasteiger partial charge on any atom is 0.192 e. The zero-order valence-electron chi connectivity index (χ0n) is 16.7. The predicted molar refractivity (Wildman–Crippen MR) is 107 cm³/mol. The van der Waals surface area contributed by atoms with E-state index in [4.69, 9.17) is 10.8 Å². The lowest BCUT2D eigenvalue weighted by atomic mass is 9.96. The Kier molecular flexibility index (Phi) is 8.88. The second kappa shape index (κ2) is 9.30. The van der Waals surface area contributed by atoms with E-state index in [1.165, 1.54) is 11.1 Å². The van der Waals surface area contributed by atoms with E-state index in [2.05, 4.69) is 85.7 Å². The van der Waals surface area contributed by atoms with Crippen LogP contribution in [0.2, 0.25) is 18.1 Å². The normalized spacial score (nSPS) is 17.2. The minimum Gasteiger partial charge on any atom is -0.410 e. The molecule has 0 aromatic carbocycles. The molecule has 0 radical (unpaired) electrons. The first-order valence-electron chi connectivity index (χ1n) is 8.55. The van der Waals surface area contributed by atoms with Crippen molar-refractivity contribution >= 4 is 8.32 Å². The Morgan fingerprint density at radius 3 is 2.26 bits per heavy atom. The SMILES string of the molecule is C#CC/C=C/C(C)=C/[C@@H](C)[C@H](O[Si](C)(C)C(C)(C)C)/C(C)=C/C. The van der Waals surface area contributed by atoms with Crippen molar-refractivity contribution < 1.29 is 4.43 Å². The van der Waals surface area contributed by atoms with Crippen molar-refractivity contribution in [2.24, 2.45) is 5.92 Å². The lowest BCUT2D eigenvalue weighted by Gasteiger charge is -2.41. The van der Waals surface area contributed by atoms with Crippen LogP contribution in [0.3, 0.4) is 0 Å². The fraction of sp³-hybridized carbons (Fsp3) is 0.619. The van der Waals surface area contributed by atoms with E-state index in [9.17, 15) is 0 Å². The van der Waals surface area contributed by atoms with Gasteiger partial charge >= 0.3 is 0 Å². The van der Waals surface area contributed by atoms with Crippen LogP contribution in [0.4, 0.5) is 0 Å². The average Bonchev–Trinajstić information content (AvgIpc) is 2.42. The molecule has 0 unspecified atom stereocenters. The van der Waals surface area contributed by atoms with Gasteiger partial charge in [-0.1, -0.05) is 57.6 Å². The molecule has 0 bridgehead atoms. The van der Waals surface area contributed by atoms with Gasteiger partial charge < -0.3 is 4.43 Å². The summed E-state index contributed by atoms with van der Waals surface area (Å²) in [5, 5.41) is 0.213. The Balaban J connectivity index is 5.36. The first kappa shape index (κ1) is 22.0. The Hall–Kier alpha value is -1.04. The summed E-state index contributed by atoms with van der Waals surface area (Å²) in [5.41, 5.74) is 2.54. The molecule has 1 nitrogen and oxygen atoms in total. The molecule has 2 atom stereocenters. The average molecular weight is 333 g/mol. The lowest BCUT2D eigenvalue weighted by Crippen LogP contribution is -2.45. The minimum absolute atomic E-state index is 0.136. The minimum atomic E-state index is -1.81. The van der Waals surface area contributed by atoms with Gasteiger partial charge in [0, 0.05) is 12.3 Å². The molecule has 0 aromatic heterocycles. The summed E-state index contributed by atoms with van der Waals surface area (Å²) in [6, 6.07) is 0. The molecule has 0 saturated heterocycles. The Morgan fingerprint density at radius 2 is 1.83 bits per heavy atom. The van der Waals surface area contributed by atoms with Gasteiger partial charge in [-0.25, -0.2) is 0 Å². The Bertz CT molecular complexity index is 495. The summed E-state index contributed by atoms with van der Waals surface area (Å²) in [7, 11) is -1.81. The van der Waals surface area contributed by atoms with Crippen LogP contribution in [0.25, 0.3) is 0 Å². The van der Waals surface area contributed by atoms with Crippen molar-refractivity contribution in [1.82, 2.24) is 0 Å². The van der Waals surface area contributed by atoms with Crippen LogP contribution in [0.15, 0.2) is 35.5 Å². The highest BCUT2D eigenvalue weighted by Crippen LogP contribution is 2.39. The third-order valence-electron chi connectivity index (χ3n) is 4.75. The van der Waals surface area contributed by atoms with Crippen LogP contribution in [0.5, 0.6) is 0 Å². The van der Waals surface area contributed by atoms with Crippen LogP contribution >= 0.6 is 0 Å². The summed E-state index contributed by atoms with van der Waals surface area (Å²) < 4.78 is 6.71. The maximum atomic E-state index is 6.71. The smallest absolute Gasteiger partial charge is 0.192 e. The van der Waals surface area contributed by atoms with Gasteiger partial charge in [-0.05, 0) is 44.5 Å². The molecule has 0 spiro atoms. The standard InChI is InChI=1S/C21H36OSi/c1-11-13-14-15-17(3)16-19(5)20(18(4)12-2)22-23(9,10)21(6,7)8/h1,12,14-16,19-20H,13H2,2-10H3/b15-14+,17-16+,18-12+/t19-,20-/m1/s1. The van der Waals surface area contributed by atoms with Crippen LogP contribution in [0, 0.1) is 18.3 Å². The van der Waals surface area contributed by atoms with E-state index in [-0.39, 0.29) is 11.1 Å². The Labute approximate surface area is 146 Å². The van der Waals surface area contributed by atoms with Gasteiger partial charge in [0.15, 0.2) is 8.32 Å². The molecular formula is C21H36OSi. The van der Waals surface area contributed by atoms with Crippen LogP contribution in [-0.2, 0) is 4.43 Å². The van der Waals surface area contributed by atoms with E-state index in [0.717, 1.165) is 0 Å². The van der Waals surface area contributed by atoms with Crippen molar-refractivity contribution in [2.45, 2.75) is 79.1 Å². The summed E-state index contributed by atoms with van der Waals surface area (Å²) in [6.45, 7) is 20.1. The third kappa shape index (κ3) is 7.37. The van der Waals surface area contributed by atoms with Gasteiger partial charge in [-0.15, -0.1) is 12.3 Å². The summed E-state index contributed by atoms with van der Waals surface area (Å²) in [6.07, 6.45) is 14.7. The van der Waals surface area contributed by atoms with Gasteiger partial charge in [0.25, 0.3) is 0 Å². The second-order valence-corrected chi connectivity index (χ2v) is 12.7. The van der Waals surface area contributed by atoms with Crippen molar-refractivity contribution in [1.29, 1.82) is 0 Å². The Morgan fingerprint density at radius 1 is 1.26 bits per heavy atom. The molecule has 0 saturated carbocycles. The highest BCUT2D eigenvalue weighted by atomic mass is 28.4.